The van der Waals surface area contributed by atoms with Crippen molar-refractivity contribution in [2.45, 2.75) is 180 Å². The van der Waals surface area contributed by atoms with Crippen LogP contribution in [-0.2, 0) is 41.8 Å². The van der Waals surface area contributed by atoms with E-state index in [1.54, 1.807) is 12.2 Å². The number of rotatable bonds is 36. The summed E-state index contributed by atoms with van der Waals surface area (Å²) >= 11 is 0. The number of allylic oxidation sites excluding steroid dienone is 2. The molecule has 0 aliphatic heterocycles. The monoisotopic (exact) mass is 886 g/mol. The van der Waals surface area contributed by atoms with Gasteiger partial charge in [-0.1, -0.05) is 122 Å². The van der Waals surface area contributed by atoms with Gasteiger partial charge in [0.1, 0.15) is 12.7 Å². The normalized spacial score (nSPS) is 21.7. The van der Waals surface area contributed by atoms with Crippen molar-refractivity contribution in [3.05, 3.63) is 24.3 Å². The molecule has 1 fully saturated rings. The molecule has 0 aromatic carbocycles. The number of phosphoric ester groups is 2. The van der Waals surface area contributed by atoms with Crippen LogP contribution in [0.4, 0.5) is 0 Å². The smallest absolute Gasteiger partial charge is 0.462 e. The Labute approximate surface area is 352 Å². The van der Waals surface area contributed by atoms with E-state index in [9.17, 15) is 44.0 Å². The molecule has 16 nitrogen and oxygen atoms in total. The summed E-state index contributed by atoms with van der Waals surface area (Å²) in [6.45, 7) is 3.66. The summed E-state index contributed by atoms with van der Waals surface area (Å²) in [4.78, 5) is 52.8. The lowest BCUT2D eigenvalue weighted by Crippen LogP contribution is -2.29. The van der Waals surface area contributed by atoms with Crippen LogP contribution in [0, 0.1) is 17.8 Å². The third-order valence-corrected chi connectivity index (χ3v) is 11.9. The van der Waals surface area contributed by atoms with E-state index >= 15 is 0 Å². The van der Waals surface area contributed by atoms with Gasteiger partial charge in [0.2, 0.25) is 0 Å². The molecule has 9 atom stereocenters. The zero-order chi connectivity index (χ0) is 44.1. The van der Waals surface area contributed by atoms with Gasteiger partial charge in [0.25, 0.3) is 0 Å². The van der Waals surface area contributed by atoms with Gasteiger partial charge in [0, 0.05) is 25.2 Å². The fraction of sp³-hybridized carbons (Fsp3) is 0.854. The molecular weight excluding hydrogens is 810 g/mol. The summed E-state index contributed by atoms with van der Waals surface area (Å²) in [7, 11) is -9.77. The number of aliphatic hydroxyl groups excluding tert-OH is 4. The molecule has 0 heterocycles. The third kappa shape index (κ3) is 29.4. The van der Waals surface area contributed by atoms with Gasteiger partial charge in [-0.05, 0) is 43.9 Å². The molecule has 0 spiro atoms. The van der Waals surface area contributed by atoms with Gasteiger partial charge in [0.05, 0.1) is 38.1 Å². The molecule has 18 heteroatoms. The van der Waals surface area contributed by atoms with E-state index in [0.717, 1.165) is 50.9 Å². The largest absolute Gasteiger partial charge is 0.472 e. The number of esters is 2. The second-order valence-electron chi connectivity index (χ2n) is 15.8. The van der Waals surface area contributed by atoms with Gasteiger partial charge in [-0.3, -0.25) is 23.2 Å². The lowest BCUT2D eigenvalue weighted by molar-refractivity contribution is -0.161. The number of hydrogen-bond donors (Lipinski definition) is 7. The van der Waals surface area contributed by atoms with Crippen molar-refractivity contribution in [1.29, 1.82) is 0 Å². The first kappa shape index (κ1) is 55.5. The number of carbonyl (C=O) groups is 2. The maximum atomic E-state index is 12.8. The van der Waals surface area contributed by atoms with Crippen LogP contribution in [0.5, 0.6) is 0 Å². The topological polar surface area (TPSA) is 256 Å². The van der Waals surface area contributed by atoms with Gasteiger partial charge in [-0.25, -0.2) is 9.13 Å². The molecule has 1 saturated carbocycles. The third-order valence-electron chi connectivity index (χ3n) is 10.4. The Morgan fingerprint density at radius 2 is 1.34 bits per heavy atom. The van der Waals surface area contributed by atoms with Crippen LogP contribution in [0.1, 0.15) is 149 Å². The van der Waals surface area contributed by atoms with E-state index in [2.05, 4.69) is 29.8 Å². The molecule has 7 N–H and O–H groups in total. The molecule has 0 bridgehead atoms. The minimum absolute atomic E-state index is 0.0439. The van der Waals surface area contributed by atoms with E-state index in [1.165, 1.54) is 32.1 Å². The van der Waals surface area contributed by atoms with Crippen LogP contribution in [0.3, 0.4) is 0 Å². The highest BCUT2D eigenvalue weighted by atomic mass is 31.2. The van der Waals surface area contributed by atoms with Crippen LogP contribution >= 0.6 is 15.6 Å². The molecular formula is C41H76O16P2. The van der Waals surface area contributed by atoms with Crippen LogP contribution < -0.4 is 0 Å². The zero-order valence-corrected chi connectivity index (χ0v) is 37.4. The second kappa shape index (κ2) is 32.2. The van der Waals surface area contributed by atoms with Crippen LogP contribution in [-0.4, -0.2) is 104 Å². The van der Waals surface area contributed by atoms with Gasteiger partial charge in [-0.2, -0.15) is 0 Å². The first-order chi connectivity index (χ1) is 28.0. The first-order valence-corrected chi connectivity index (χ1v) is 24.7. The molecule has 0 aromatic rings. The Kier molecular flexibility index (Phi) is 30.3. The summed E-state index contributed by atoms with van der Waals surface area (Å²) in [6, 6.07) is 0. The zero-order valence-electron chi connectivity index (χ0n) is 35.6. The molecule has 1 rings (SSSR count). The average molecular weight is 887 g/mol. The highest BCUT2D eigenvalue weighted by Crippen LogP contribution is 2.44. The standard InChI is InChI=1S/C41H76O16P2/c1-4-6-15-21-33(42)25-26-37-36(38(44)27-39(37)45)22-17-13-14-19-24-41(47)57-35(31-56-59(51,52)55-29-34(43)28-54-58(48,49)50)30-53-40(46)23-18-12-10-8-7-9-11-16-20-32(3)5-2/h13,17,25-26,32-39,42-45H,4-12,14-16,18-24,27-31H2,1-3H3,(H,51,52)(H2,48,49,50)/b17-13+,26-25+/t32?,33-,34-,35+,36+,37+,38-,39+/m0/s1. The number of ether oxygens (including phenoxy) is 2. The summed E-state index contributed by atoms with van der Waals surface area (Å²) < 4.78 is 47.7. The maximum absolute atomic E-state index is 12.8. The van der Waals surface area contributed by atoms with E-state index in [1.807, 2.05) is 12.2 Å². The van der Waals surface area contributed by atoms with E-state index in [0.29, 0.717) is 32.1 Å². The number of unbranched alkanes of at least 4 members (excludes halogenated alkanes) is 10. The number of hydrogen-bond acceptors (Lipinski definition) is 13. The highest BCUT2D eigenvalue weighted by Gasteiger charge is 2.39. The van der Waals surface area contributed by atoms with Crippen LogP contribution in [0.25, 0.3) is 0 Å². The van der Waals surface area contributed by atoms with Gasteiger partial charge in [0.15, 0.2) is 6.10 Å². The predicted molar refractivity (Wildman–Crippen MR) is 223 cm³/mol. The number of carbonyl (C=O) groups excluding carboxylic acids is 2. The molecule has 0 radical (unpaired) electrons. The van der Waals surface area contributed by atoms with Crippen LogP contribution in [0.2, 0.25) is 0 Å². The quantitative estimate of drug-likeness (QED) is 0.0145. The lowest BCUT2D eigenvalue weighted by atomic mass is 9.89. The molecule has 1 aliphatic carbocycles. The highest BCUT2D eigenvalue weighted by molar-refractivity contribution is 7.47. The summed E-state index contributed by atoms with van der Waals surface area (Å²) in [6.07, 6.45) is 18.6. The van der Waals surface area contributed by atoms with E-state index < -0.39 is 84.5 Å². The Morgan fingerprint density at radius 1 is 0.729 bits per heavy atom. The Hall–Kier alpha value is -1.52. The van der Waals surface area contributed by atoms with E-state index in [4.69, 9.17) is 23.8 Å². The number of aliphatic hydroxyl groups is 4. The Balaban J connectivity index is 2.61. The summed E-state index contributed by atoms with van der Waals surface area (Å²) in [5, 5.41) is 41.1. The maximum Gasteiger partial charge on any atom is 0.472 e. The molecule has 0 aromatic heterocycles. The molecule has 0 saturated heterocycles. The number of phosphoric acid groups is 2. The first-order valence-electron chi connectivity index (χ1n) is 21.7. The molecule has 0 amide bonds. The molecule has 59 heavy (non-hydrogen) atoms. The van der Waals surface area contributed by atoms with Crippen molar-refractivity contribution >= 4 is 27.6 Å². The average Bonchev–Trinajstić information content (AvgIpc) is 3.45. The molecule has 346 valence electrons. The van der Waals surface area contributed by atoms with Crippen molar-refractivity contribution in [2.75, 3.05) is 26.4 Å². The van der Waals surface area contributed by atoms with Crippen LogP contribution in [0.15, 0.2) is 24.3 Å². The van der Waals surface area contributed by atoms with Crippen molar-refractivity contribution in [3.8, 4) is 0 Å². The summed E-state index contributed by atoms with van der Waals surface area (Å²) in [5.74, 6) is -0.959. The van der Waals surface area contributed by atoms with Crippen molar-refractivity contribution < 1.29 is 76.9 Å². The van der Waals surface area contributed by atoms with Crippen molar-refractivity contribution in [3.63, 3.8) is 0 Å². The van der Waals surface area contributed by atoms with Crippen molar-refractivity contribution in [1.82, 2.24) is 0 Å². The summed E-state index contributed by atoms with van der Waals surface area (Å²) in [5.41, 5.74) is 0. The van der Waals surface area contributed by atoms with Gasteiger partial charge >= 0.3 is 27.6 Å². The van der Waals surface area contributed by atoms with Crippen molar-refractivity contribution in [2.24, 2.45) is 17.8 Å². The minimum Gasteiger partial charge on any atom is -0.462 e. The Bertz CT molecular complexity index is 1280. The predicted octanol–water partition coefficient (Wildman–Crippen LogP) is 6.96. The molecule has 2 unspecified atom stereocenters. The fourth-order valence-electron chi connectivity index (χ4n) is 6.67. The minimum atomic E-state index is -4.89. The Morgan fingerprint density at radius 3 is 2.00 bits per heavy atom. The van der Waals surface area contributed by atoms with Gasteiger partial charge in [-0.15, -0.1) is 0 Å². The van der Waals surface area contributed by atoms with E-state index in [-0.39, 0.29) is 31.1 Å². The molecule has 1 aliphatic rings. The fourth-order valence-corrected chi connectivity index (χ4v) is 7.83. The van der Waals surface area contributed by atoms with Gasteiger partial charge < -0.3 is 44.6 Å². The SMILES string of the molecule is CCCCC[C@H](O)/C=C/[C@@H]1[C@@H](C/C=C/CCCC(=O)O[C@H](COC(=O)CCCCCCCCCCC(C)CC)COP(=O)(O)OC[C@@H](O)COP(=O)(O)O)[C@@H](O)C[C@H]1O. The second-order valence-corrected chi connectivity index (χ2v) is 18.5. The lowest BCUT2D eigenvalue weighted by Gasteiger charge is -2.20.